The number of carbonyl (C=O) groups is 1. The van der Waals surface area contributed by atoms with Crippen LogP contribution in [-0.2, 0) is 10.3 Å². The molecule has 0 bridgehead atoms. The van der Waals surface area contributed by atoms with E-state index >= 15 is 0 Å². The minimum absolute atomic E-state index is 0.307. The van der Waals surface area contributed by atoms with Gasteiger partial charge in [-0.15, -0.1) is 11.3 Å². The van der Waals surface area contributed by atoms with Gasteiger partial charge < -0.3 is 14.7 Å². The molecule has 1 N–H and O–H groups in total. The van der Waals surface area contributed by atoms with Gasteiger partial charge in [-0.2, -0.15) is 0 Å². The second-order valence-electron chi connectivity index (χ2n) is 6.55. The first-order valence-corrected chi connectivity index (χ1v) is 9.39. The molecular formula is C19H18FN3O3S. The van der Waals surface area contributed by atoms with Gasteiger partial charge in [-0.05, 0) is 37.1 Å². The van der Waals surface area contributed by atoms with Crippen LogP contribution in [0.3, 0.4) is 0 Å². The Kier molecular flexibility index (Phi) is 4.32. The predicted octanol–water partition coefficient (Wildman–Crippen LogP) is 3.02. The standard InChI is InChI=1S/C19H18FN3O3S/c1-3-26-18(24)15-11(2)14-16(21-10-22-17(14)27-15)23-8-19(25,9-23)12-4-6-13(20)7-5-12/h4-7,10,25H,3,8-9H2,1-2H3. The lowest BCUT2D eigenvalue weighted by Gasteiger charge is -2.47. The lowest BCUT2D eigenvalue weighted by Crippen LogP contribution is -2.60. The molecule has 140 valence electrons. The van der Waals surface area contributed by atoms with Crippen molar-refractivity contribution in [3.8, 4) is 0 Å². The highest BCUT2D eigenvalue weighted by Crippen LogP contribution is 2.40. The Hall–Kier alpha value is -2.58. The predicted molar refractivity (Wildman–Crippen MR) is 101 cm³/mol. The van der Waals surface area contributed by atoms with Crippen molar-refractivity contribution in [3.63, 3.8) is 0 Å². The molecular weight excluding hydrogens is 369 g/mol. The van der Waals surface area contributed by atoms with Gasteiger partial charge in [-0.25, -0.2) is 19.2 Å². The van der Waals surface area contributed by atoms with Gasteiger partial charge in [0.2, 0.25) is 0 Å². The normalized spacial score (nSPS) is 15.6. The molecule has 4 rings (SSSR count). The van der Waals surface area contributed by atoms with Crippen molar-refractivity contribution < 1.29 is 19.0 Å². The number of thiophene rings is 1. The summed E-state index contributed by atoms with van der Waals surface area (Å²) in [5, 5.41) is 11.6. The molecule has 1 aliphatic heterocycles. The van der Waals surface area contributed by atoms with Crippen LogP contribution in [-0.4, -0.2) is 40.7 Å². The van der Waals surface area contributed by atoms with E-state index in [-0.39, 0.29) is 11.8 Å². The van der Waals surface area contributed by atoms with Crippen LogP contribution in [0.5, 0.6) is 0 Å². The molecule has 0 aliphatic carbocycles. The highest BCUT2D eigenvalue weighted by atomic mass is 32.1. The fraction of sp³-hybridized carbons (Fsp3) is 0.316. The topological polar surface area (TPSA) is 75.5 Å². The summed E-state index contributed by atoms with van der Waals surface area (Å²) in [6, 6.07) is 5.87. The van der Waals surface area contributed by atoms with E-state index in [2.05, 4.69) is 9.97 Å². The SMILES string of the molecule is CCOC(=O)c1sc2ncnc(N3CC(O)(c4ccc(F)cc4)C3)c2c1C. The maximum atomic E-state index is 13.1. The summed E-state index contributed by atoms with van der Waals surface area (Å²) in [4.78, 5) is 24.0. The molecule has 0 unspecified atom stereocenters. The van der Waals surface area contributed by atoms with Crippen molar-refractivity contribution in [2.75, 3.05) is 24.6 Å². The smallest absolute Gasteiger partial charge is 0.348 e. The van der Waals surface area contributed by atoms with Gasteiger partial charge >= 0.3 is 5.97 Å². The van der Waals surface area contributed by atoms with E-state index in [1.165, 1.54) is 29.8 Å². The minimum atomic E-state index is -1.06. The molecule has 27 heavy (non-hydrogen) atoms. The monoisotopic (exact) mass is 387 g/mol. The van der Waals surface area contributed by atoms with Crippen molar-refractivity contribution in [2.24, 2.45) is 0 Å². The summed E-state index contributed by atoms with van der Waals surface area (Å²) < 4.78 is 18.3. The number of β-amino-alcohol motifs (C(OH)–C–C–N with tert-alkyl or cyclic N) is 1. The summed E-state index contributed by atoms with van der Waals surface area (Å²) in [7, 11) is 0. The second kappa shape index (κ2) is 6.54. The average Bonchev–Trinajstić information content (AvgIpc) is 2.97. The highest BCUT2D eigenvalue weighted by molar-refractivity contribution is 7.20. The van der Waals surface area contributed by atoms with Crippen LogP contribution in [0.15, 0.2) is 30.6 Å². The number of ether oxygens (including phenoxy) is 1. The van der Waals surface area contributed by atoms with Crippen LogP contribution >= 0.6 is 11.3 Å². The number of hydrogen-bond donors (Lipinski definition) is 1. The molecule has 1 aliphatic rings. The number of aliphatic hydroxyl groups is 1. The third-order valence-electron chi connectivity index (χ3n) is 4.75. The average molecular weight is 387 g/mol. The molecule has 1 fully saturated rings. The number of rotatable bonds is 4. The van der Waals surface area contributed by atoms with Gasteiger partial charge in [-0.3, -0.25) is 0 Å². The number of hydrogen-bond acceptors (Lipinski definition) is 7. The molecule has 1 aromatic carbocycles. The molecule has 3 aromatic rings. The first-order valence-electron chi connectivity index (χ1n) is 8.57. The van der Waals surface area contributed by atoms with E-state index in [0.29, 0.717) is 40.8 Å². The van der Waals surface area contributed by atoms with Crippen molar-refractivity contribution >= 4 is 33.3 Å². The van der Waals surface area contributed by atoms with Gasteiger partial charge in [0.25, 0.3) is 0 Å². The van der Waals surface area contributed by atoms with Gasteiger partial charge in [0.15, 0.2) is 0 Å². The quantitative estimate of drug-likeness (QED) is 0.694. The Morgan fingerprint density at radius 2 is 2.04 bits per heavy atom. The lowest BCUT2D eigenvalue weighted by molar-refractivity contribution is 0.00717. The molecule has 0 saturated carbocycles. The molecule has 2 aromatic heterocycles. The summed E-state index contributed by atoms with van der Waals surface area (Å²) in [6.45, 7) is 4.58. The molecule has 0 spiro atoms. The lowest BCUT2D eigenvalue weighted by atomic mass is 9.86. The number of esters is 1. The number of nitrogens with zero attached hydrogens (tertiary/aromatic N) is 3. The van der Waals surface area contributed by atoms with Crippen LogP contribution in [0.2, 0.25) is 0 Å². The zero-order valence-electron chi connectivity index (χ0n) is 14.9. The van der Waals surface area contributed by atoms with E-state index < -0.39 is 5.60 Å². The van der Waals surface area contributed by atoms with E-state index in [0.717, 1.165) is 10.9 Å². The van der Waals surface area contributed by atoms with Crippen LogP contribution in [0, 0.1) is 12.7 Å². The van der Waals surface area contributed by atoms with E-state index in [9.17, 15) is 14.3 Å². The number of fused-ring (bicyclic) bond motifs is 1. The number of anilines is 1. The Balaban J connectivity index is 1.65. The first-order chi connectivity index (χ1) is 12.9. The Labute approximate surface area is 159 Å². The summed E-state index contributed by atoms with van der Waals surface area (Å²) in [6.07, 6.45) is 1.46. The number of aromatic nitrogens is 2. The zero-order valence-corrected chi connectivity index (χ0v) is 15.7. The first kappa shape index (κ1) is 17.8. The highest BCUT2D eigenvalue weighted by Gasteiger charge is 2.44. The molecule has 1 saturated heterocycles. The summed E-state index contributed by atoms with van der Waals surface area (Å²) >= 11 is 1.28. The van der Waals surface area contributed by atoms with E-state index in [4.69, 9.17) is 4.74 Å². The van der Waals surface area contributed by atoms with Gasteiger partial charge in [-0.1, -0.05) is 12.1 Å². The largest absolute Gasteiger partial charge is 0.462 e. The van der Waals surface area contributed by atoms with Crippen molar-refractivity contribution in [1.82, 2.24) is 9.97 Å². The fourth-order valence-electron chi connectivity index (χ4n) is 3.36. The van der Waals surface area contributed by atoms with Crippen LogP contribution in [0.1, 0.15) is 27.7 Å². The van der Waals surface area contributed by atoms with Crippen LogP contribution in [0.25, 0.3) is 10.2 Å². The maximum absolute atomic E-state index is 13.1. The van der Waals surface area contributed by atoms with E-state index in [1.807, 2.05) is 11.8 Å². The third-order valence-corrected chi connectivity index (χ3v) is 5.93. The van der Waals surface area contributed by atoms with Gasteiger partial charge in [0.05, 0.1) is 25.1 Å². The molecule has 0 radical (unpaired) electrons. The molecule has 0 amide bonds. The van der Waals surface area contributed by atoms with Crippen molar-refractivity contribution in [2.45, 2.75) is 19.4 Å². The molecule has 8 heteroatoms. The van der Waals surface area contributed by atoms with Gasteiger partial charge in [0, 0.05) is 0 Å². The van der Waals surface area contributed by atoms with E-state index in [1.54, 1.807) is 19.1 Å². The van der Waals surface area contributed by atoms with Crippen LogP contribution < -0.4 is 4.90 Å². The number of halogens is 1. The van der Waals surface area contributed by atoms with Crippen molar-refractivity contribution in [1.29, 1.82) is 0 Å². The molecule has 3 heterocycles. The van der Waals surface area contributed by atoms with Crippen molar-refractivity contribution in [3.05, 3.63) is 52.4 Å². The van der Waals surface area contributed by atoms with Gasteiger partial charge in [0.1, 0.15) is 33.3 Å². The summed E-state index contributed by atoms with van der Waals surface area (Å²) in [5.41, 5.74) is 0.389. The zero-order chi connectivity index (χ0) is 19.2. The molecule has 6 nitrogen and oxygen atoms in total. The Morgan fingerprint density at radius 1 is 1.33 bits per heavy atom. The summed E-state index contributed by atoms with van der Waals surface area (Å²) in [5.74, 6) is -0.0251. The number of aryl methyl sites for hydroxylation is 1. The fourth-order valence-corrected chi connectivity index (χ4v) is 4.40. The number of benzene rings is 1. The Bertz CT molecular complexity index is 1010. The second-order valence-corrected chi connectivity index (χ2v) is 7.55. The Morgan fingerprint density at radius 3 is 2.70 bits per heavy atom. The number of carbonyl (C=O) groups excluding carboxylic acids is 1. The molecule has 0 atom stereocenters. The minimum Gasteiger partial charge on any atom is -0.462 e. The third kappa shape index (κ3) is 2.94. The van der Waals surface area contributed by atoms with Crippen LogP contribution in [0.4, 0.5) is 10.2 Å². The maximum Gasteiger partial charge on any atom is 0.348 e.